The number of benzene rings is 2. The third kappa shape index (κ3) is 4.69. The first-order valence-electron chi connectivity index (χ1n) is 11.0. The number of hydrogen-bond donors (Lipinski definition) is 3. The predicted octanol–water partition coefficient (Wildman–Crippen LogP) is 2.68. The number of aryl methyl sites for hydroxylation is 1. The van der Waals surface area contributed by atoms with E-state index in [0.29, 0.717) is 23.4 Å². The van der Waals surface area contributed by atoms with Gasteiger partial charge in [-0.3, -0.25) is 14.6 Å². The summed E-state index contributed by atoms with van der Waals surface area (Å²) in [6.07, 6.45) is 3.20. The summed E-state index contributed by atoms with van der Waals surface area (Å²) in [5.74, 6) is -1.35. The van der Waals surface area contributed by atoms with Gasteiger partial charge < -0.3 is 20.7 Å². The van der Waals surface area contributed by atoms with Crippen LogP contribution in [-0.2, 0) is 25.8 Å². The number of ether oxygens (including phenoxy) is 1. The van der Waals surface area contributed by atoms with Gasteiger partial charge in [-0.1, -0.05) is 18.2 Å². The number of para-hydroxylation sites is 2. The Labute approximate surface area is 203 Å². The fourth-order valence-electron chi connectivity index (χ4n) is 3.97. The van der Waals surface area contributed by atoms with Crippen molar-refractivity contribution >= 4 is 33.0 Å². The molecule has 35 heavy (non-hydrogen) atoms. The minimum absolute atomic E-state index is 0.0847. The molecule has 0 saturated carbocycles. The largest absolute Gasteiger partial charge is 0.495 e. The number of anilines is 2. The Balaban J connectivity index is 1.70. The zero-order chi connectivity index (χ0) is 25.1. The molecule has 0 spiro atoms. The van der Waals surface area contributed by atoms with Crippen LogP contribution in [0.3, 0.4) is 0 Å². The fourth-order valence-corrected chi connectivity index (χ4v) is 5.97. The number of fused-ring (bicyclic) bond motifs is 1. The van der Waals surface area contributed by atoms with Crippen LogP contribution >= 0.6 is 0 Å². The van der Waals surface area contributed by atoms with Gasteiger partial charge in [0.1, 0.15) is 10.6 Å². The van der Waals surface area contributed by atoms with Gasteiger partial charge in [0.15, 0.2) is 0 Å². The van der Waals surface area contributed by atoms with E-state index in [0.717, 1.165) is 5.56 Å². The highest BCUT2D eigenvalue weighted by atomic mass is 32.2. The van der Waals surface area contributed by atoms with Crippen molar-refractivity contribution in [3.8, 4) is 5.75 Å². The van der Waals surface area contributed by atoms with E-state index in [1.54, 1.807) is 49.6 Å². The number of carbonyl (C=O) groups is 2. The van der Waals surface area contributed by atoms with E-state index in [9.17, 15) is 18.0 Å². The number of pyridine rings is 1. The molecule has 2 aromatic carbocycles. The second kappa shape index (κ2) is 9.75. The van der Waals surface area contributed by atoms with Gasteiger partial charge in [-0.05, 0) is 60.9 Å². The maximum absolute atomic E-state index is 14.1. The standard InChI is InChI=1S/C25H26N4O5S/c1-17-7-8-21(34-2)22(15-17)35(32,33)25(24(31)28-19-5-3-4-6-20(19)29-25)16-23(30)27-14-11-18-9-12-26-13-10-18/h3-10,12-13,15,29H,11,14,16H2,1-2H3,(H,27,30)(H,28,31)/t25-/m0/s1. The molecule has 2 heterocycles. The first kappa shape index (κ1) is 24.2. The van der Waals surface area contributed by atoms with Crippen LogP contribution in [0.1, 0.15) is 17.5 Å². The van der Waals surface area contributed by atoms with E-state index < -0.39 is 32.9 Å². The molecule has 10 heteroatoms. The van der Waals surface area contributed by atoms with E-state index in [4.69, 9.17) is 4.74 Å². The van der Waals surface area contributed by atoms with Crippen molar-refractivity contribution in [3.63, 3.8) is 0 Å². The zero-order valence-electron chi connectivity index (χ0n) is 19.4. The predicted molar refractivity (Wildman–Crippen MR) is 132 cm³/mol. The minimum Gasteiger partial charge on any atom is -0.495 e. The van der Waals surface area contributed by atoms with Crippen LogP contribution in [0, 0.1) is 6.92 Å². The lowest BCUT2D eigenvalue weighted by Crippen LogP contribution is -2.60. The molecule has 0 unspecified atom stereocenters. The van der Waals surface area contributed by atoms with Gasteiger partial charge in [0, 0.05) is 18.9 Å². The molecule has 0 aliphatic carbocycles. The van der Waals surface area contributed by atoms with Gasteiger partial charge in [-0.2, -0.15) is 0 Å². The van der Waals surface area contributed by atoms with Gasteiger partial charge in [0.25, 0.3) is 5.91 Å². The molecular formula is C25H26N4O5S. The number of nitrogens with one attached hydrogen (secondary N) is 3. The van der Waals surface area contributed by atoms with Crippen molar-refractivity contribution in [2.75, 3.05) is 24.3 Å². The smallest absolute Gasteiger partial charge is 0.266 e. The van der Waals surface area contributed by atoms with Crippen molar-refractivity contribution in [2.24, 2.45) is 0 Å². The van der Waals surface area contributed by atoms with Crippen molar-refractivity contribution in [2.45, 2.75) is 29.5 Å². The molecule has 1 aliphatic heterocycles. The third-order valence-corrected chi connectivity index (χ3v) is 8.09. The molecule has 9 nitrogen and oxygen atoms in total. The summed E-state index contributed by atoms with van der Waals surface area (Å²) in [6.45, 7) is 2.01. The zero-order valence-corrected chi connectivity index (χ0v) is 20.2. The SMILES string of the molecule is COc1ccc(C)cc1S(=O)(=O)[C@]1(CC(=O)NCCc2ccncc2)Nc2ccccc2NC1=O. The maximum atomic E-state index is 14.1. The fraction of sp³-hybridized carbons (Fsp3) is 0.240. The number of carbonyl (C=O) groups excluding carboxylic acids is 2. The van der Waals surface area contributed by atoms with E-state index >= 15 is 0 Å². The van der Waals surface area contributed by atoms with E-state index in [2.05, 4.69) is 20.9 Å². The van der Waals surface area contributed by atoms with Crippen molar-refractivity contribution in [1.82, 2.24) is 10.3 Å². The Bertz CT molecular complexity index is 1360. The molecule has 1 aromatic heterocycles. The quantitative estimate of drug-likeness (QED) is 0.439. The second-order valence-corrected chi connectivity index (χ2v) is 10.4. The number of methoxy groups -OCH3 is 1. The lowest BCUT2D eigenvalue weighted by atomic mass is 10.1. The van der Waals surface area contributed by atoms with Gasteiger partial charge in [-0.15, -0.1) is 0 Å². The molecular weight excluding hydrogens is 468 g/mol. The average molecular weight is 495 g/mol. The summed E-state index contributed by atoms with van der Waals surface area (Å²) in [6, 6.07) is 15.1. The third-order valence-electron chi connectivity index (χ3n) is 5.84. The van der Waals surface area contributed by atoms with Crippen molar-refractivity contribution in [3.05, 3.63) is 78.1 Å². The highest BCUT2D eigenvalue weighted by molar-refractivity contribution is 7.94. The van der Waals surface area contributed by atoms with Crippen LogP contribution in [0.5, 0.6) is 5.75 Å². The van der Waals surface area contributed by atoms with Gasteiger partial charge in [0.05, 0.1) is 24.9 Å². The number of hydrogen-bond acceptors (Lipinski definition) is 7. The number of nitrogens with zero attached hydrogens (tertiary/aromatic N) is 1. The summed E-state index contributed by atoms with van der Waals surface area (Å²) in [5, 5.41) is 8.28. The van der Waals surface area contributed by atoms with Crippen LogP contribution in [0.15, 0.2) is 71.9 Å². The molecule has 4 rings (SSSR count). The molecule has 0 saturated heterocycles. The van der Waals surface area contributed by atoms with Crippen LogP contribution < -0.4 is 20.7 Å². The Kier molecular flexibility index (Phi) is 6.74. The van der Waals surface area contributed by atoms with Crippen molar-refractivity contribution < 1.29 is 22.7 Å². The van der Waals surface area contributed by atoms with E-state index in [-0.39, 0.29) is 17.2 Å². The Hall–Kier alpha value is -3.92. The Morgan fingerprint density at radius 1 is 1.09 bits per heavy atom. The minimum atomic E-state index is -4.47. The second-order valence-electron chi connectivity index (χ2n) is 8.24. The number of rotatable bonds is 8. The average Bonchev–Trinajstić information content (AvgIpc) is 2.85. The highest BCUT2D eigenvalue weighted by Gasteiger charge is 2.56. The molecule has 1 aliphatic rings. The summed E-state index contributed by atoms with van der Waals surface area (Å²) < 4.78 is 33.5. The summed E-state index contributed by atoms with van der Waals surface area (Å²) in [5.41, 5.74) is 2.46. The first-order valence-corrected chi connectivity index (χ1v) is 12.5. The van der Waals surface area contributed by atoms with Gasteiger partial charge in [-0.25, -0.2) is 8.42 Å². The van der Waals surface area contributed by atoms with Crippen molar-refractivity contribution in [1.29, 1.82) is 0 Å². The topological polar surface area (TPSA) is 126 Å². The van der Waals surface area contributed by atoms with Crippen LogP contribution in [-0.4, -0.2) is 43.7 Å². The molecule has 3 aromatic rings. The van der Waals surface area contributed by atoms with Gasteiger partial charge in [0.2, 0.25) is 20.6 Å². The monoisotopic (exact) mass is 494 g/mol. The lowest BCUT2D eigenvalue weighted by Gasteiger charge is -2.37. The van der Waals surface area contributed by atoms with Crippen LogP contribution in [0.4, 0.5) is 11.4 Å². The number of amides is 2. The summed E-state index contributed by atoms with van der Waals surface area (Å²) in [4.78, 5) is 28.0. The molecule has 3 N–H and O–H groups in total. The maximum Gasteiger partial charge on any atom is 0.266 e. The van der Waals surface area contributed by atoms with Crippen LogP contribution in [0.2, 0.25) is 0 Å². The number of aromatic nitrogens is 1. The van der Waals surface area contributed by atoms with Gasteiger partial charge >= 0.3 is 0 Å². The lowest BCUT2D eigenvalue weighted by molar-refractivity contribution is -0.125. The molecule has 1 atom stereocenters. The normalized spacial score (nSPS) is 17.0. The highest BCUT2D eigenvalue weighted by Crippen LogP contribution is 2.41. The summed E-state index contributed by atoms with van der Waals surface area (Å²) in [7, 11) is -3.12. The summed E-state index contributed by atoms with van der Waals surface area (Å²) >= 11 is 0. The van der Waals surface area contributed by atoms with Crippen LogP contribution in [0.25, 0.3) is 0 Å². The molecule has 0 bridgehead atoms. The Morgan fingerprint density at radius 3 is 2.51 bits per heavy atom. The van der Waals surface area contributed by atoms with E-state index in [1.165, 1.54) is 19.2 Å². The molecule has 182 valence electrons. The molecule has 0 fully saturated rings. The first-order chi connectivity index (χ1) is 16.8. The van der Waals surface area contributed by atoms with E-state index in [1.807, 2.05) is 12.1 Å². The molecule has 2 amide bonds. The molecule has 0 radical (unpaired) electrons. The Morgan fingerprint density at radius 2 is 1.80 bits per heavy atom. The number of sulfone groups is 1.